The van der Waals surface area contributed by atoms with Gasteiger partial charge in [-0.3, -0.25) is 19.5 Å². The fourth-order valence-electron chi connectivity index (χ4n) is 4.71. The van der Waals surface area contributed by atoms with Crippen molar-refractivity contribution in [1.29, 1.82) is 0 Å². The molecule has 9 nitrogen and oxygen atoms in total. The quantitative estimate of drug-likeness (QED) is 0.163. The van der Waals surface area contributed by atoms with E-state index in [2.05, 4.69) is 4.99 Å². The summed E-state index contributed by atoms with van der Waals surface area (Å²) in [6.45, 7) is 8.75. The van der Waals surface area contributed by atoms with Gasteiger partial charge in [0, 0.05) is 28.3 Å². The Bertz CT molecular complexity index is 1910. The minimum Gasteiger partial charge on any atom is -0.459 e. The Morgan fingerprint density at radius 2 is 1.88 bits per heavy atom. The summed E-state index contributed by atoms with van der Waals surface area (Å²) in [7, 11) is 0. The predicted octanol–water partition coefficient (Wildman–Crippen LogP) is 5.63. The number of fused-ring (bicyclic) bond motifs is 1. The average molecular weight is 592 g/mol. The van der Waals surface area contributed by atoms with Gasteiger partial charge in [0.25, 0.3) is 11.2 Å². The number of rotatable bonds is 6. The first-order chi connectivity index (χ1) is 19.4. The summed E-state index contributed by atoms with van der Waals surface area (Å²) in [6, 6.07) is 12.9. The summed E-state index contributed by atoms with van der Waals surface area (Å²) >= 11 is 7.29. The smallest absolute Gasteiger partial charge is 0.338 e. The van der Waals surface area contributed by atoms with Gasteiger partial charge in [-0.05, 0) is 76.1 Å². The first-order valence-electron chi connectivity index (χ1n) is 12.8. The van der Waals surface area contributed by atoms with E-state index in [1.807, 2.05) is 6.07 Å². The highest BCUT2D eigenvalue weighted by Crippen LogP contribution is 2.33. The molecule has 1 atom stereocenters. The first-order valence-corrected chi connectivity index (χ1v) is 14.0. The monoisotopic (exact) mass is 591 g/mol. The highest BCUT2D eigenvalue weighted by Gasteiger charge is 2.33. The predicted molar refractivity (Wildman–Crippen MR) is 157 cm³/mol. The van der Waals surface area contributed by atoms with Crippen LogP contribution in [-0.2, 0) is 9.53 Å². The molecule has 4 aromatic rings. The highest BCUT2D eigenvalue weighted by atomic mass is 35.5. The fraction of sp³-hybridized carbons (Fsp3) is 0.233. The number of hydrogen-bond donors (Lipinski definition) is 0. The number of ether oxygens (including phenoxy) is 1. The lowest BCUT2D eigenvalue weighted by atomic mass is 9.96. The lowest BCUT2D eigenvalue weighted by Gasteiger charge is -2.25. The highest BCUT2D eigenvalue weighted by molar-refractivity contribution is 7.07. The topological polar surface area (TPSA) is 117 Å². The molecule has 3 heterocycles. The minimum atomic E-state index is -0.764. The first kappa shape index (κ1) is 28.3. The number of hydrogen-bond acceptors (Lipinski definition) is 8. The van der Waals surface area contributed by atoms with Crippen molar-refractivity contribution in [2.75, 3.05) is 0 Å². The second-order valence-electron chi connectivity index (χ2n) is 9.98. The molecule has 0 radical (unpaired) electrons. The third kappa shape index (κ3) is 5.40. The molecule has 0 bridgehead atoms. The number of thiazole rings is 1. The van der Waals surface area contributed by atoms with Crippen molar-refractivity contribution in [1.82, 2.24) is 4.57 Å². The van der Waals surface area contributed by atoms with Gasteiger partial charge in [-0.2, -0.15) is 0 Å². The van der Waals surface area contributed by atoms with Crippen LogP contribution in [0.4, 0.5) is 5.69 Å². The molecule has 2 aromatic heterocycles. The number of furan rings is 1. The van der Waals surface area contributed by atoms with Crippen LogP contribution < -0.4 is 14.9 Å². The lowest BCUT2D eigenvalue weighted by molar-refractivity contribution is -0.385. The molecule has 41 heavy (non-hydrogen) atoms. The number of allylic oxidation sites excluding steroid dienone is 1. The van der Waals surface area contributed by atoms with Crippen molar-refractivity contribution >= 4 is 40.7 Å². The normalized spacial score (nSPS) is 15.2. The summed E-state index contributed by atoms with van der Waals surface area (Å²) in [6.07, 6.45) is 1.25. The Balaban J connectivity index is 1.62. The molecule has 210 valence electrons. The molecule has 0 aliphatic carbocycles. The maximum absolute atomic E-state index is 13.8. The zero-order chi connectivity index (χ0) is 29.6. The molecule has 1 unspecified atom stereocenters. The van der Waals surface area contributed by atoms with Crippen LogP contribution in [0.25, 0.3) is 17.4 Å². The molecular weight excluding hydrogens is 566 g/mol. The van der Waals surface area contributed by atoms with Crippen molar-refractivity contribution < 1.29 is 18.9 Å². The van der Waals surface area contributed by atoms with Crippen LogP contribution in [0.15, 0.2) is 74.0 Å². The van der Waals surface area contributed by atoms with Crippen LogP contribution >= 0.6 is 22.9 Å². The second kappa shape index (κ2) is 10.9. The van der Waals surface area contributed by atoms with Gasteiger partial charge in [-0.25, -0.2) is 9.79 Å². The standard InChI is InChI=1S/C30H26ClN3O6S/c1-15(2)39-29(36)26-18(5)32-30-33(27(26)19-6-8-21(31)9-7-19)28(35)25(41-30)14-22-10-11-24(40-22)20-12-16(3)17(4)23(13-20)34(37)38/h6-15,27H,1-5H3/b25-14+. The van der Waals surface area contributed by atoms with E-state index < -0.39 is 16.9 Å². The Labute approximate surface area is 243 Å². The number of carbonyl (C=O) groups is 1. The van der Waals surface area contributed by atoms with E-state index in [1.165, 1.54) is 22.0 Å². The molecule has 1 aliphatic heterocycles. The number of aryl methyl sites for hydroxylation is 1. The Morgan fingerprint density at radius 1 is 1.17 bits per heavy atom. The van der Waals surface area contributed by atoms with Crippen molar-refractivity contribution in [3.8, 4) is 11.3 Å². The zero-order valence-corrected chi connectivity index (χ0v) is 24.5. The van der Waals surface area contributed by atoms with Crippen LogP contribution in [0.3, 0.4) is 0 Å². The van der Waals surface area contributed by atoms with Crippen LogP contribution in [-0.4, -0.2) is 21.6 Å². The number of nitro benzene ring substituents is 1. The third-order valence-electron chi connectivity index (χ3n) is 6.79. The molecule has 1 aliphatic rings. The van der Waals surface area contributed by atoms with Crippen molar-refractivity contribution in [3.63, 3.8) is 0 Å². The van der Waals surface area contributed by atoms with Crippen LogP contribution in [0.2, 0.25) is 5.02 Å². The maximum atomic E-state index is 13.8. The van der Waals surface area contributed by atoms with E-state index in [0.717, 1.165) is 5.56 Å². The SMILES string of the molecule is CC1=C(C(=O)OC(C)C)C(c2ccc(Cl)cc2)n2c(s/c(=C/c3ccc(-c4cc(C)c(C)c([N+](=O)[O-])c4)o3)c2=O)=N1. The van der Waals surface area contributed by atoms with Gasteiger partial charge in [0.05, 0.1) is 32.9 Å². The summed E-state index contributed by atoms with van der Waals surface area (Å²) in [4.78, 5) is 43.1. The van der Waals surface area contributed by atoms with E-state index in [9.17, 15) is 19.7 Å². The molecule has 5 rings (SSSR count). The summed E-state index contributed by atoms with van der Waals surface area (Å²) in [5, 5.41) is 12.0. The fourth-order valence-corrected chi connectivity index (χ4v) is 5.86. The van der Waals surface area contributed by atoms with Gasteiger partial charge in [-0.1, -0.05) is 35.1 Å². The van der Waals surface area contributed by atoms with Gasteiger partial charge < -0.3 is 9.15 Å². The van der Waals surface area contributed by atoms with E-state index >= 15 is 0 Å². The average Bonchev–Trinajstić information content (AvgIpc) is 3.49. The van der Waals surface area contributed by atoms with Gasteiger partial charge in [0.1, 0.15) is 11.5 Å². The van der Waals surface area contributed by atoms with Crippen molar-refractivity contribution in [3.05, 3.63) is 117 Å². The van der Waals surface area contributed by atoms with E-state index in [1.54, 1.807) is 77.1 Å². The van der Waals surface area contributed by atoms with E-state index in [4.69, 9.17) is 20.8 Å². The minimum absolute atomic E-state index is 0.00984. The lowest BCUT2D eigenvalue weighted by Crippen LogP contribution is -2.40. The number of benzene rings is 2. The van der Waals surface area contributed by atoms with Gasteiger partial charge in [0.2, 0.25) is 0 Å². The molecule has 0 amide bonds. The maximum Gasteiger partial charge on any atom is 0.338 e. The molecule has 11 heteroatoms. The zero-order valence-electron chi connectivity index (χ0n) is 22.9. The number of esters is 1. The molecule has 2 aromatic carbocycles. The Morgan fingerprint density at radius 3 is 2.54 bits per heavy atom. The number of nitrogens with zero attached hydrogens (tertiary/aromatic N) is 3. The van der Waals surface area contributed by atoms with Crippen LogP contribution in [0.1, 0.15) is 49.3 Å². The molecule has 0 spiro atoms. The molecule has 0 saturated carbocycles. The van der Waals surface area contributed by atoms with Crippen LogP contribution in [0, 0.1) is 24.0 Å². The summed E-state index contributed by atoms with van der Waals surface area (Å²) in [5.74, 6) is 0.279. The Hall–Kier alpha value is -4.28. The van der Waals surface area contributed by atoms with E-state index in [0.29, 0.717) is 48.3 Å². The summed E-state index contributed by atoms with van der Waals surface area (Å²) < 4.78 is 13.3. The molecule has 0 N–H and O–H groups in total. The van der Waals surface area contributed by atoms with Gasteiger partial charge in [0.15, 0.2) is 4.80 Å². The largest absolute Gasteiger partial charge is 0.459 e. The Kier molecular flexibility index (Phi) is 7.54. The summed E-state index contributed by atoms with van der Waals surface area (Å²) in [5.41, 5.74) is 3.00. The van der Waals surface area contributed by atoms with Crippen LogP contribution in [0.5, 0.6) is 0 Å². The van der Waals surface area contributed by atoms with Crippen molar-refractivity contribution in [2.24, 2.45) is 4.99 Å². The van der Waals surface area contributed by atoms with Gasteiger partial charge >= 0.3 is 5.97 Å². The molecule has 0 saturated heterocycles. The number of carbonyl (C=O) groups excluding carboxylic acids is 1. The third-order valence-corrected chi connectivity index (χ3v) is 8.03. The van der Waals surface area contributed by atoms with Crippen molar-refractivity contribution in [2.45, 2.75) is 46.8 Å². The number of aromatic nitrogens is 1. The van der Waals surface area contributed by atoms with Gasteiger partial charge in [-0.15, -0.1) is 0 Å². The van der Waals surface area contributed by atoms with E-state index in [-0.39, 0.29) is 22.9 Å². The number of nitro groups is 1. The second-order valence-corrected chi connectivity index (χ2v) is 11.4. The molecular formula is C30H26ClN3O6S. The number of halogens is 1. The molecule has 0 fully saturated rings.